The molecular formula is C21H24F3N3O4S. The molecule has 7 nitrogen and oxygen atoms in total. The quantitative estimate of drug-likeness (QED) is 0.701. The molecule has 0 saturated carbocycles. The van der Waals surface area contributed by atoms with Gasteiger partial charge in [-0.3, -0.25) is 9.69 Å². The summed E-state index contributed by atoms with van der Waals surface area (Å²) in [4.78, 5) is 14.5. The van der Waals surface area contributed by atoms with Gasteiger partial charge in [0.25, 0.3) is 0 Å². The Balaban J connectivity index is 1.57. The molecule has 1 unspecified atom stereocenters. The number of hydrogen-bond acceptors (Lipinski definition) is 5. The van der Waals surface area contributed by atoms with E-state index in [1.807, 2.05) is 4.90 Å². The first-order valence-electron chi connectivity index (χ1n) is 9.89. The number of sulfonamides is 1. The van der Waals surface area contributed by atoms with Crippen LogP contribution in [0.1, 0.15) is 12.5 Å². The summed E-state index contributed by atoms with van der Waals surface area (Å²) in [5.74, 6) is 0.179. The maximum Gasteiger partial charge on any atom is 0.416 e. The van der Waals surface area contributed by atoms with Gasteiger partial charge in [0.15, 0.2) is 0 Å². The van der Waals surface area contributed by atoms with Crippen molar-refractivity contribution in [2.75, 3.05) is 38.6 Å². The number of anilines is 1. The molecule has 0 aliphatic carbocycles. The molecule has 1 aliphatic rings. The maximum atomic E-state index is 12.8. The number of methoxy groups -OCH3 is 1. The highest BCUT2D eigenvalue weighted by atomic mass is 32.2. The van der Waals surface area contributed by atoms with Crippen molar-refractivity contribution in [1.29, 1.82) is 0 Å². The van der Waals surface area contributed by atoms with Crippen LogP contribution in [0.25, 0.3) is 0 Å². The molecule has 174 valence electrons. The molecule has 0 aromatic heterocycles. The third-order valence-corrected chi connectivity index (χ3v) is 7.29. The predicted octanol–water partition coefficient (Wildman–Crippen LogP) is 3.05. The SMILES string of the molecule is COc1ccc(S(=O)(=O)N2CCN(C(C)C(=O)Nc3ccc(C(F)(F)F)cc3)CC2)cc1. The number of rotatable bonds is 6. The van der Waals surface area contributed by atoms with Crippen molar-refractivity contribution in [3.05, 3.63) is 54.1 Å². The Kier molecular flexibility index (Phi) is 7.11. The minimum absolute atomic E-state index is 0.167. The number of carbonyl (C=O) groups excluding carboxylic acids is 1. The summed E-state index contributed by atoms with van der Waals surface area (Å²) < 4.78 is 70.1. The van der Waals surface area contributed by atoms with Gasteiger partial charge in [-0.25, -0.2) is 8.42 Å². The third kappa shape index (κ3) is 5.40. The molecule has 1 fully saturated rings. The van der Waals surface area contributed by atoms with E-state index >= 15 is 0 Å². The topological polar surface area (TPSA) is 79.0 Å². The van der Waals surface area contributed by atoms with E-state index in [-0.39, 0.29) is 29.6 Å². The summed E-state index contributed by atoms with van der Waals surface area (Å²) in [6.07, 6.45) is -4.44. The molecule has 3 rings (SSSR count). The van der Waals surface area contributed by atoms with Crippen LogP contribution in [0, 0.1) is 0 Å². The summed E-state index contributed by atoms with van der Waals surface area (Å²) in [6, 6.07) is 9.77. The van der Waals surface area contributed by atoms with Gasteiger partial charge in [-0.2, -0.15) is 17.5 Å². The lowest BCUT2D eigenvalue weighted by Crippen LogP contribution is -2.53. The number of amides is 1. The predicted molar refractivity (Wildman–Crippen MR) is 113 cm³/mol. The lowest BCUT2D eigenvalue weighted by atomic mass is 10.2. The van der Waals surface area contributed by atoms with Gasteiger partial charge >= 0.3 is 6.18 Å². The van der Waals surface area contributed by atoms with Crippen LogP contribution >= 0.6 is 0 Å². The fourth-order valence-electron chi connectivity index (χ4n) is 3.38. The highest BCUT2D eigenvalue weighted by Gasteiger charge is 2.32. The van der Waals surface area contributed by atoms with Crippen molar-refractivity contribution < 1.29 is 31.1 Å². The first-order chi connectivity index (χ1) is 15.0. The molecule has 11 heteroatoms. The van der Waals surface area contributed by atoms with Crippen molar-refractivity contribution in [1.82, 2.24) is 9.21 Å². The molecule has 2 aromatic carbocycles. The fourth-order valence-corrected chi connectivity index (χ4v) is 4.81. The summed E-state index contributed by atoms with van der Waals surface area (Å²) in [7, 11) is -2.16. The van der Waals surface area contributed by atoms with E-state index < -0.39 is 27.8 Å². The maximum absolute atomic E-state index is 12.8. The van der Waals surface area contributed by atoms with Gasteiger partial charge in [0.05, 0.1) is 23.6 Å². The zero-order chi connectivity index (χ0) is 23.5. The van der Waals surface area contributed by atoms with Crippen molar-refractivity contribution in [3.63, 3.8) is 0 Å². The number of piperazine rings is 1. The van der Waals surface area contributed by atoms with Crippen LogP contribution in [0.5, 0.6) is 5.75 Å². The fraction of sp³-hybridized carbons (Fsp3) is 0.381. The van der Waals surface area contributed by atoms with Crippen LogP contribution in [-0.4, -0.2) is 62.9 Å². The lowest BCUT2D eigenvalue weighted by Gasteiger charge is -2.36. The Morgan fingerprint density at radius 3 is 2.06 bits per heavy atom. The van der Waals surface area contributed by atoms with Gasteiger partial charge in [0.1, 0.15) is 5.75 Å². The van der Waals surface area contributed by atoms with Gasteiger partial charge < -0.3 is 10.1 Å². The zero-order valence-electron chi connectivity index (χ0n) is 17.6. The first kappa shape index (κ1) is 24.0. The lowest BCUT2D eigenvalue weighted by molar-refractivity contribution is -0.137. The number of halogens is 3. The summed E-state index contributed by atoms with van der Waals surface area (Å²) in [5.41, 5.74) is -0.534. The Morgan fingerprint density at radius 1 is 1.00 bits per heavy atom. The third-order valence-electron chi connectivity index (χ3n) is 5.38. The monoisotopic (exact) mass is 471 g/mol. The summed E-state index contributed by atoms with van der Waals surface area (Å²) >= 11 is 0. The second-order valence-electron chi connectivity index (χ2n) is 7.36. The van der Waals surface area contributed by atoms with Crippen LogP contribution in [-0.2, 0) is 21.0 Å². The average Bonchev–Trinajstić information content (AvgIpc) is 2.78. The molecule has 2 aromatic rings. The van der Waals surface area contributed by atoms with Crippen LogP contribution in [0.3, 0.4) is 0 Å². The van der Waals surface area contributed by atoms with Gasteiger partial charge in [-0.15, -0.1) is 0 Å². The molecular weight excluding hydrogens is 447 g/mol. The molecule has 32 heavy (non-hydrogen) atoms. The highest BCUT2D eigenvalue weighted by molar-refractivity contribution is 7.89. The van der Waals surface area contributed by atoms with Crippen molar-refractivity contribution >= 4 is 21.6 Å². The standard InChI is InChI=1S/C21H24F3N3O4S/c1-15(20(28)25-17-5-3-16(4-6-17)21(22,23)24)26-11-13-27(14-12-26)32(29,30)19-9-7-18(31-2)8-10-19/h3-10,15H,11-14H2,1-2H3,(H,25,28). The molecule has 1 amide bonds. The normalized spacial score (nSPS) is 17.0. The molecule has 1 heterocycles. The first-order valence-corrected chi connectivity index (χ1v) is 11.3. The minimum atomic E-state index is -4.44. The van der Waals surface area contributed by atoms with E-state index in [2.05, 4.69) is 5.32 Å². The molecule has 0 bridgehead atoms. The van der Waals surface area contributed by atoms with Gasteiger partial charge in [0.2, 0.25) is 15.9 Å². The molecule has 1 N–H and O–H groups in total. The number of hydrogen-bond donors (Lipinski definition) is 1. The van der Waals surface area contributed by atoms with Gasteiger partial charge in [-0.05, 0) is 55.5 Å². The van der Waals surface area contributed by atoms with E-state index in [4.69, 9.17) is 4.74 Å². The van der Waals surface area contributed by atoms with E-state index in [1.54, 1.807) is 19.1 Å². The van der Waals surface area contributed by atoms with E-state index in [0.717, 1.165) is 12.1 Å². The van der Waals surface area contributed by atoms with Crippen LogP contribution in [0.15, 0.2) is 53.4 Å². The van der Waals surface area contributed by atoms with E-state index in [1.165, 1.54) is 35.7 Å². The number of benzene rings is 2. The smallest absolute Gasteiger partial charge is 0.416 e. The average molecular weight is 472 g/mol. The minimum Gasteiger partial charge on any atom is -0.497 e. The van der Waals surface area contributed by atoms with Crippen molar-refractivity contribution in [2.45, 2.75) is 24.0 Å². The number of ether oxygens (including phenoxy) is 1. The Bertz CT molecular complexity index is 1030. The van der Waals surface area contributed by atoms with E-state index in [0.29, 0.717) is 18.8 Å². The molecule has 0 radical (unpaired) electrons. The Morgan fingerprint density at radius 2 is 1.56 bits per heavy atom. The number of nitrogens with one attached hydrogen (secondary N) is 1. The largest absolute Gasteiger partial charge is 0.497 e. The zero-order valence-corrected chi connectivity index (χ0v) is 18.4. The van der Waals surface area contributed by atoms with Crippen LogP contribution in [0.4, 0.5) is 18.9 Å². The Labute approximate surface area is 184 Å². The number of nitrogens with zero attached hydrogens (tertiary/aromatic N) is 2. The van der Waals surface area contributed by atoms with Crippen LogP contribution in [0.2, 0.25) is 0 Å². The summed E-state index contributed by atoms with van der Waals surface area (Å²) in [5, 5.41) is 2.60. The van der Waals surface area contributed by atoms with E-state index in [9.17, 15) is 26.4 Å². The second-order valence-corrected chi connectivity index (χ2v) is 9.29. The number of alkyl halides is 3. The molecule has 1 aliphatic heterocycles. The van der Waals surface area contributed by atoms with Gasteiger partial charge in [0, 0.05) is 31.9 Å². The highest BCUT2D eigenvalue weighted by Crippen LogP contribution is 2.30. The molecule has 1 saturated heterocycles. The van der Waals surface area contributed by atoms with Crippen molar-refractivity contribution in [3.8, 4) is 5.75 Å². The molecule has 0 spiro atoms. The number of carbonyl (C=O) groups is 1. The molecule has 1 atom stereocenters. The van der Waals surface area contributed by atoms with Crippen molar-refractivity contribution in [2.24, 2.45) is 0 Å². The second kappa shape index (κ2) is 9.47. The van der Waals surface area contributed by atoms with Crippen LogP contribution < -0.4 is 10.1 Å². The summed E-state index contributed by atoms with van der Waals surface area (Å²) in [6.45, 7) is 2.79. The van der Waals surface area contributed by atoms with Gasteiger partial charge in [-0.1, -0.05) is 0 Å². The Hall–Kier alpha value is -2.63.